The molecule has 1 aromatic rings. The molecule has 0 amide bonds. The van der Waals surface area contributed by atoms with Crippen molar-refractivity contribution < 1.29 is 42.6 Å². The molecule has 0 bridgehead atoms. The minimum atomic E-state index is -0.779. The number of hydrogen-bond donors (Lipinski definition) is 1. The van der Waals surface area contributed by atoms with Gasteiger partial charge in [-0.05, 0) is 19.4 Å². The van der Waals surface area contributed by atoms with Gasteiger partial charge in [0.05, 0.1) is 5.92 Å². The van der Waals surface area contributed by atoms with E-state index in [0.29, 0.717) is 0 Å². The second-order valence-corrected chi connectivity index (χ2v) is 2.97. The summed E-state index contributed by atoms with van der Waals surface area (Å²) < 4.78 is 0. The average Bonchev–Trinajstić information content (AvgIpc) is 2.04. The van der Waals surface area contributed by atoms with Gasteiger partial charge in [0.2, 0.25) is 0 Å². The molecule has 0 aliphatic rings. The summed E-state index contributed by atoms with van der Waals surface area (Å²) in [5.41, 5.74) is 2.00. The molecule has 1 unspecified atom stereocenters. The second kappa shape index (κ2) is 5.51. The van der Waals surface area contributed by atoms with Crippen molar-refractivity contribution in [1.29, 1.82) is 0 Å². The van der Waals surface area contributed by atoms with Gasteiger partial charge >= 0.3 is 5.97 Å². The Hall–Kier alpha value is -0.206. The molecule has 0 aliphatic carbocycles. The fourth-order valence-electron chi connectivity index (χ4n) is 0.998. The fourth-order valence-corrected chi connectivity index (χ4v) is 0.998. The van der Waals surface area contributed by atoms with Crippen LogP contribution in [0, 0.1) is 6.92 Å². The molecule has 0 aliphatic heterocycles. The minimum absolute atomic E-state index is 0. The molecule has 0 heterocycles. The molecule has 0 aromatic heterocycles. The maximum Gasteiger partial charge on any atom is 0.310 e. The zero-order valence-corrected chi connectivity index (χ0v) is 10.7. The van der Waals surface area contributed by atoms with Crippen molar-refractivity contribution in [3.8, 4) is 0 Å². The Labute approximate surface area is 103 Å². The molecule has 1 N–H and O–H groups in total. The monoisotopic (exact) mass is 253 g/mol. The second-order valence-electron chi connectivity index (χ2n) is 2.97. The molecule has 2 nitrogen and oxygen atoms in total. The Bertz CT molecular complexity index is 279. The Morgan fingerprint density at radius 3 is 2.15 bits per heavy atom. The zero-order chi connectivity index (χ0) is 9.14. The molecular weight excluding hydrogens is 241 g/mol. The van der Waals surface area contributed by atoms with Crippen LogP contribution in [0.3, 0.4) is 0 Å². The van der Waals surface area contributed by atoms with E-state index in [2.05, 4.69) is 0 Å². The van der Waals surface area contributed by atoms with Gasteiger partial charge in [-0.15, -0.1) is 0 Å². The Morgan fingerprint density at radius 1 is 1.31 bits per heavy atom. The first kappa shape index (κ1) is 12.8. The number of carboxylic acids is 1. The Morgan fingerprint density at radius 2 is 1.77 bits per heavy atom. The first-order valence-corrected chi connectivity index (χ1v) is 3.90. The molecule has 3 heteroatoms. The van der Waals surface area contributed by atoms with Crippen LogP contribution in [0.2, 0.25) is 0 Å². The number of carbonyl (C=O) groups is 1. The summed E-state index contributed by atoms with van der Waals surface area (Å²) in [6.07, 6.45) is 0. The summed E-state index contributed by atoms with van der Waals surface area (Å²) in [6.45, 7) is 3.67. The third kappa shape index (κ3) is 3.57. The summed E-state index contributed by atoms with van der Waals surface area (Å²) in [5, 5.41) is 8.70. The molecule has 0 saturated carbocycles. The number of carboxylic acid groups (broad SMARTS) is 1. The summed E-state index contributed by atoms with van der Waals surface area (Å²) in [6, 6.07) is 7.56. The van der Waals surface area contributed by atoms with Gasteiger partial charge in [0.15, 0.2) is 0 Å². The fraction of sp³-hybridized carbons (Fsp3) is 0.300. The van der Waals surface area contributed by atoms with Gasteiger partial charge in [-0.1, -0.05) is 29.8 Å². The molecule has 1 radical (unpaired) electrons. The molecule has 0 saturated heterocycles. The predicted octanol–water partition coefficient (Wildman–Crippen LogP) is 2.18. The van der Waals surface area contributed by atoms with Crippen LogP contribution in [0.1, 0.15) is 24.0 Å². The Kier molecular flexibility index (Phi) is 5.42. The van der Waals surface area contributed by atoms with Crippen LogP contribution < -0.4 is 0 Å². The smallest absolute Gasteiger partial charge is 0.310 e. The third-order valence-corrected chi connectivity index (χ3v) is 1.95. The summed E-state index contributed by atoms with van der Waals surface area (Å²) in [4.78, 5) is 10.6. The van der Waals surface area contributed by atoms with E-state index in [4.69, 9.17) is 5.11 Å². The van der Waals surface area contributed by atoms with E-state index in [9.17, 15) is 4.79 Å². The molecule has 0 spiro atoms. The van der Waals surface area contributed by atoms with Crippen molar-refractivity contribution in [2.45, 2.75) is 19.8 Å². The zero-order valence-electron chi connectivity index (χ0n) is 7.82. The number of aryl methyl sites for hydroxylation is 1. The molecule has 13 heavy (non-hydrogen) atoms. The summed E-state index contributed by atoms with van der Waals surface area (Å²) in [7, 11) is 0. The number of benzene rings is 1. The van der Waals surface area contributed by atoms with Crippen LogP contribution in [0.5, 0.6) is 0 Å². The van der Waals surface area contributed by atoms with Crippen molar-refractivity contribution in [2.24, 2.45) is 0 Å². The quantitative estimate of drug-likeness (QED) is 0.877. The van der Waals surface area contributed by atoms with E-state index in [1.807, 2.05) is 31.2 Å². The van der Waals surface area contributed by atoms with Gasteiger partial charge in [0.25, 0.3) is 0 Å². The standard InChI is InChI=1S/C10H12O2.Y/c1-7-3-5-9(6-4-7)8(2)10(11)12;/h3-6,8H,1-2H3,(H,11,12);. The van der Waals surface area contributed by atoms with Crippen molar-refractivity contribution in [1.82, 2.24) is 0 Å². The maximum absolute atomic E-state index is 10.6. The van der Waals surface area contributed by atoms with Crippen LogP contribution in [-0.4, -0.2) is 11.1 Å². The van der Waals surface area contributed by atoms with Crippen LogP contribution in [0.25, 0.3) is 0 Å². The van der Waals surface area contributed by atoms with Gasteiger partial charge in [-0.25, -0.2) is 0 Å². The van der Waals surface area contributed by atoms with Crippen LogP contribution >= 0.6 is 0 Å². The normalized spacial score (nSPS) is 11.5. The minimum Gasteiger partial charge on any atom is -0.481 e. The molecule has 1 rings (SSSR count). The molecule has 67 valence electrons. The van der Waals surface area contributed by atoms with Gasteiger partial charge in [0, 0.05) is 32.7 Å². The van der Waals surface area contributed by atoms with Gasteiger partial charge in [-0.3, -0.25) is 4.79 Å². The average molecular weight is 253 g/mol. The molecule has 1 atom stereocenters. The first-order chi connectivity index (χ1) is 5.61. The van der Waals surface area contributed by atoms with Gasteiger partial charge in [0.1, 0.15) is 0 Å². The topological polar surface area (TPSA) is 37.3 Å². The third-order valence-electron chi connectivity index (χ3n) is 1.95. The van der Waals surface area contributed by atoms with Crippen LogP contribution in [-0.2, 0) is 37.5 Å². The Balaban J connectivity index is 0.00000144. The first-order valence-electron chi connectivity index (χ1n) is 3.90. The van der Waals surface area contributed by atoms with E-state index < -0.39 is 11.9 Å². The maximum atomic E-state index is 10.6. The van der Waals surface area contributed by atoms with E-state index in [1.165, 1.54) is 0 Å². The number of aliphatic carboxylic acids is 1. The SMILES string of the molecule is Cc1ccc(C(C)C(=O)O)cc1.[Y]. The van der Waals surface area contributed by atoms with Crippen molar-refractivity contribution >= 4 is 5.97 Å². The van der Waals surface area contributed by atoms with Crippen molar-refractivity contribution in [3.05, 3.63) is 35.4 Å². The number of rotatable bonds is 2. The van der Waals surface area contributed by atoms with Crippen LogP contribution in [0.4, 0.5) is 0 Å². The summed E-state index contributed by atoms with van der Waals surface area (Å²) >= 11 is 0. The van der Waals surface area contributed by atoms with Crippen molar-refractivity contribution in [3.63, 3.8) is 0 Å². The van der Waals surface area contributed by atoms with E-state index in [0.717, 1.165) is 11.1 Å². The van der Waals surface area contributed by atoms with E-state index in [-0.39, 0.29) is 32.7 Å². The molecule has 0 fully saturated rings. The largest absolute Gasteiger partial charge is 0.481 e. The predicted molar refractivity (Wildman–Crippen MR) is 47.2 cm³/mol. The van der Waals surface area contributed by atoms with E-state index >= 15 is 0 Å². The van der Waals surface area contributed by atoms with Gasteiger partial charge < -0.3 is 5.11 Å². The van der Waals surface area contributed by atoms with Gasteiger partial charge in [-0.2, -0.15) is 0 Å². The number of hydrogen-bond acceptors (Lipinski definition) is 1. The van der Waals surface area contributed by atoms with Crippen LogP contribution in [0.15, 0.2) is 24.3 Å². The van der Waals surface area contributed by atoms with E-state index in [1.54, 1.807) is 6.92 Å². The summed E-state index contributed by atoms with van der Waals surface area (Å²) in [5.74, 6) is -1.19. The molecule has 1 aromatic carbocycles. The van der Waals surface area contributed by atoms with Crippen molar-refractivity contribution in [2.75, 3.05) is 0 Å². The molecular formula is C10H12O2Y.